The van der Waals surface area contributed by atoms with Crippen molar-refractivity contribution in [2.75, 3.05) is 0 Å². The Bertz CT molecular complexity index is 559. The molecule has 8 heteroatoms. The van der Waals surface area contributed by atoms with Gasteiger partial charge in [-0.3, -0.25) is 4.98 Å². The second-order valence-corrected chi connectivity index (χ2v) is 6.62. The zero-order chi connectivity index (χ0) is 17.8. The van der Waals surface area contributed by atoms with E-state index >= 15 is 0 Å². The molecule has 0 bridgehead atoms. The number of ether oxygens (including phenoxy) is 2. The van der Waals surface area contributed by atoms with Crippen molar-refractivity contribution in [3.63, 3.8) is 0 Å². The van der Waals surface area contributed by atoms with Crippen LogP contribution in [-0.4, -0.2) is 38.9 Å². The van der Waals surface area contributed by atoms with Gasteiger partial charge in [-0.15, -0.1) is 0 Å². The Labute approximate surface area is 134 Å². The van der Waals surface area contributed by atoms with E-state index in [9.17, 15) is 19.8 Å². The number of hydrogen-bond donors (Lipinski definition) is 4. The minimum absolute atomic E-state index is 0.107. The first-order chi connectivity index (χ1) is 10.5. The van der Waals surface area contributed by atoms with Gasteiger partial charge in [-0.05, 0) is 33.1 Å². The number of aromatic amines is 1. The van der Waals surface area contributed by atoms with Crippen LogP contribution in [0.5, 0.6) is 17.5 Å². The summed E-state index contributed by atoms with van der Waals surface area (Å²) in [6, 6.07) is 0.119. The molecular weight excluding hydrogens is 304 g/mol. The second-order valence-electron chi connectivity index (χ2n) is 6.62. The molecule has 0 saturated heterocycles. The third-order valence-corrected chi connectivity index (χ3v) is 2.64. The van der Waals surface area contributed by atoms with Crippen LogP contribution in [0.4, 0.5) is 4.79 Å². The lowest BCUT2D eigenvalue weighted by Gasteiger charge is -2.23. The summed E-state index contributed by atoms with van der Waals surface area (Å²) < 4.78 is 10.1. The highest BCUT2D eigenvalue weighted by Gasteiger charge is 2.27. The first-order valence-electron chi connectivity index (χ1n) is 7.30. The van der Waals surface area contributed by atoms with Crippen molar-refractivity contribution in [3.8, 4) is 17.5 Å². The molecule has 1 heterocycles. The first-order valence-corrected chi connectivity index (χ1v) is 7.30. The van der Waals surface area contributed by atoms with Gasteiger partial charge in [0, 0.05) is 6.07 Å². The van der Waals surface area contributed by atoms with Gasteiger partial charge in [0.05, 0.1) is 0 Å². The topological polar surface area (TPSA) is 121 Å². The van der Waals surface area contributed by atoms with Crippen LogP contribution in [-0.2, 0) is 9.53 Å². The Morgan fingerprint density at radius 3 is 2.35 bits per heavy atom. The molecule has 0 aliphatic carbocycles. The molecule has 8 nitrogen and oxygen atoms in total. The van der Waals surface area contributed by atoms with Gasteiger partial charge in [0.2, 0.25) is 5.88 Å². The third-order valence-electron chi connectivity index (χ3n) is 2.64. The minimum Gasteiger partial charge on any atom is -0.494 e. The van der Waals surface area contributed by atoms with Crippen LogP contribution in [0.15, 0.2) is 6.07 Å². The van der Waals surface area contributed by atoms with E-state index in [0.717, 1.165) is 6.07 Å². The molecule has 0 aliphatic heterocycles. The first kappa shape index (κ1) is 18.7. The summed E-state index contributed by atoms with van der Waals surface area (Å²) in [5, 5.41) is 21.1. The maximum atomic E-state index is 12.2. The van der Waals surface area contributed by atoms with Gasteiger partial charge in [0.15, 0.2) is 11.6 Å². The zero-order valence-corrected chi connectivity index (χ0v) is 14.0. The van der Waals surface area contributed by atoms with Crippen molar-refractivity contribution >= 4 is 12.1 Å². The fourth-order valence-corrected chi connectivity index (χ4v) is 1.80. The fraction of sp³-hybridized carbons (Fsp3) is 0.600. The number of carbonyl (C=O) groups excluding carboxylic acids is 2. The largest absolute Gasteiger partial charge is 0.494 e. The highest BCUT2D eigenvalue weighted by molar-refractivity contribution is 5.83. The molecule has 1 rings (SSSR count). The van der Waals surface area contributed by atoms with Crippen molar-refractivity contribution in [2.45, 2.75) is 52.7 Å². The van der Waals surface area contributed by atoms with Gasteiger partial charge in [0.1, 0.15) is 11.6 Å². The predicted octanol–water partition coefficient (Wildman–Crippen LogP) is 2.27. The summed E-state index contributed by atoms with van der Waals surface area (Å²) in [5.41, 5.74) is -0.693. The van der Waals surface area contributed by atoms with E-state index in [-0.39, 0.29) is 17.5 Å². The monoisotopic (exact) mass is 328 g/mol. The van der Waals surface area contributed by atoms with Gasteiger partial charge in [0.25, 0.3) is 0 Å². The molecule has 0 aliphatic rings. The lowest BCUT2D eigenvalue weighted by atomic mass is 10.0. The molecule has 1 atom stereocenters. The SMILES string of the molecule is CC(C)C[C@@H](NC(=O)OC(C)(C)C)C(=O)Oc1cc(O)[nH]c1O. The van der Waals surface area contributed by atoms with E-state index in [4.69, 9.17) is 9.47 Å². The molecule has 1 amide bonds. The van der Waals surface area contributed by atoms with Gasteiger partial charge in [-0.1, -0.05) is 13.8 Å². The number of aromatic nitrogens is 1. The summed E-state index contributed by atoms with van der Waals surface area (Å²) in [6.07, 6.45) is -0.406. The maximum Gasteiger partial charge on any atom is 0.408 e. The van der Waals surface area contributed by atoms with Crippen LogP contribution in [0.1, 0.15) is 41.0 Å². The minimum atomic E-state index is -0.943. The molecule has 1 aromatic rings. The summed E-state index contributed by atoms with van der Waals surface area (Å²) in [4.78, 5) is 26.2. The van der Waals surface area contributed by atoms with Crippen LogP contribution < -0.4 is 10.1 Å². The number of rotatable bonds is 5. The normalized spacial score (nSPS) is 12.8. The molecule has 23 heavy (non-hydrogen) atoms. The number of hydrogen-bond acceptors (Lipinski definition) is 6. The maximum absolute atomic E-state index is 12.2. The van der Waals surface area contributed by atoms with E-state index in [1.807, 2.05) is 13.8 Å². The average molecular weight is 328 g/mol. The Kier molecular flexibility index (Phi) is 5.89. The van der Waals surface area contributed by atoms with E-state index in [1.54, 1.807) is 20.8 Å². The second kappa shape index (κ2) is 7.26. The molecule has 0 unspecified atom stereocenters. The Balaban J connectivity index is 2.78. The van der Waals surface area contributed by atoms with Gasteiger partial charge < -0.3 is 25.0 Å². The number of carbonyl (C=O) groups is 2. The highest BCUT2D eigenvalue weighted by Crippen LogP contribution is 2.30. The summed E-state index contributed by atoms with van der Waals surface area (Å²) in [7, 11) is 0. The molecule has 4 N–H and O–H groups in total. The van der Waals surface area contributed by atoms with Crippen molar-refractivity contribution in [1.29, 1.82) is 0 Å². The zero-order valence-electron chi connectivity index (χ0n) is 14.0. The van der Waals surface area contributed by atoms with Crippen molar-refractivity contribution in [1.82, 2.24) is 10.3 Å². The molecule has 0 radical (unpaired) electrons. The Hall–Kier alpha value is -2.38. The number of alkyl carbamates (subject to hydrolysis) is 1. The lowest BCUT2D eigenvalue weighted by molar-refractivity contribution is -0.137. The predicted molar refractivity (Wildman–Crippen MR) is 82.4 cm³/mol. The molecule has 1 aromatic heterocycles. The lowest BCUT2D eigenvalue weighted by Crippen LogP contribution is -2.45. The van der Waals surface area contributed by atoms with Crippen LogP contribution in [0, 0.1) is 5.92 Å². The molecule has 0 fully saturated rings. The Morgan fingerprint density at radius 2 is 1.91 bits per heavy atom. The molecule has 130 valence electrons. The molecule has 0 aromatic carbocycles. The van der Waals surface area contributed by atoms with Crippen molar-refractivity contribution in [2.24, 2.45) is 5.92 Å². The summed E-state index contributed by atoms with van der Waals surface area (Å²) in [6.45, 7) is 8.90. The van der Waals surface area contributed by atoms with Crippen molar-refractivity contribution < 1.29 is 29.3 Å². The quantitative estimate of drug-likeness (QED) is 0.615. The number of H-pyrrole nitrogens is 1. The van der Waals surface area contributed by atoms with E-state index in [2.05, 4.69) is 10.3 Å². The number of amides is 1. The van der Waals surface area contributed by atoms with Gasteiger partial charge in [-0.25, -0.2) is 9.59 Å². The van der Waals surface area contributed by atoms with E-state index in [1.165, 1.54) is 0 Å². The average Bonchev–Trinajstić information content (AvgIpc) is 2.63. The number of nitrogens with one attached hydrogen (secondary N) is 2. The summed E-state index contributed by atoms with van der Waals surface area (Å²) in [5.74, 6) is -1.69. The van der Waals surface area contributed by atoms with Crippen LogP contribution in [0.25, 0.3) is 0 Å². The number of esters is 1. The standard InChI is InChI=1S/C15H24N2O6/c1-8(2)6-9(16-14(21)23-15(3,4)5)13(20)22-10-7-11(18)17-12(10)19/h7-9,17-19H,6H2,1-5H3,(H,16,21)/t9-/m1/s1. The number of aromatic hydroxyl groups is 2. The van der Waals surface area contributed by atoms with E-state index in [0.29, 0.717) is 6.42 Å². The summed E-state index contributed by atoms with van der Waals surface area (Å²) >= 11 is 0. The fourth-order valence-electron chi connectivity index (χ4n) is 1.80. The van der Waals surface area contributed by atoms with Gasteiger partial charge >= 0.3 is 12.1 Å². The molecule has 0 saturated carbocycles. The van der Waals surface area contributed by atoms with Crippen molar-refractivity contribution in [3.05, 3.63) is 6.07 Å². The Morgan fingerprint density at radius 1 is 1.30 bits per heavy atom. The van der Waals surface area contributed by atoms with E-state index < -0.39 is 29.6 Å². The third kappa shape index (κ3) is 6.50. The van der Waals surface area contributed by atoms with Crippen LogP contribution in [0.3, 0.4) is 0 Å². The highest BCUT2D eigenvalue weighted by atomic mass is 16.6. The van der Waals surface area contributed by atoms with Crippen LogP contribution in [0.2, 0.25) is 0 Å². The molecular formula is C15H24N2O6. The smallest absolute Gasteiger partial charge is 0.408 e. The molecule has 0 spiro atoms. The van der Waals surface area contributed by atoms with Crippen LogP contribution >= 0.6 is 0 Å². The van der Waals surface area contributed by atoms with Gasteiger partial charge in [-0.2, -0.15) is 0 Å².